The number of hydrogen-bond donors (Lipinski definition) is 0. The van der Waals surface area contributed by atoms with E-state index in [1.807, 2.05) is 84.5 Å². The average molecular weight is 722 g/mol. The van der Waals surface area contributed by atoms with E-state index < -0.39 is 11.2 Å². The summed E-state index contributed by atoms with van der Waals surface area (Å²) in [4.78, 5) is 31.3. The number of amides is 1. The van der Waals surface area contributed by atoms with Gasteiger partial charge in [0.05, 0.1) is 17.8 Å². The molecule has 3 heterocycles. The first kappa shape index (κ1) is 37.9. The van der Waals surface area contributed by atoms with E-state index >= 15 is 0 Å². The van der Waals surface area contributed by atoms with Crippen LogP contribution in [0.25, 0.3) is 32.8 Å². The SMILES string of the molecule is Cc1nn(C)c(C)c1-c1cccc2c(CCCOc3cccc4ccccc34)c(C(=O)OC(C)(C)C)n(CCN3CCN(C(=O)OC(C)(C)C)CC3)c12. The largest absolute Gasteiger partial charge is 0.493 e. The van der Waals surface area contributed by atoms with Crippen molar-refractivity contribution >= 4 is 33.7 Å². The number of benzene rings is 3. The summed E-state index contributed by atoms with van der Waals surface area (Å²) in [7, 11) is 1.97. The molecule has 0 atom stereocenters. The van der Waals surface area contributed by atoms with Crippen LogP contribution in [0.5, 0.6) is 5.75 Å². The monoisotopic (exact) mass is 721 g/mol. The van der Waals surface area contributed by atoms with Crippen molar-refractivity contribution in [1.82, 2.24) is 24.1 Å². The molecule has 0 spiro atoms. The number of aryl methyl sites for hydroxylation is 3. The van der Waals surface area contributed by atoms with Crippen LogP contribution < -0.4 is 4.74 Å². The van der Waals surface area contributed by atoms with Crippen molar-refractivity contribution in [1.29, 1.82) is 0 Å². The molecular weight excluding hydrogens is 667 g/mol. The summed E-state index contributed by atoms with van der Waals surface area (Å²) >= 11 is 0. The second kappa shape index (κ2) is 15.3. The third kappa shape index (κ3) is 8.54. The van der Waals surface area contributed by atoms with Crippen molar-refractivity contribution in [3.8, 4) is 16.9 Å². The Morgan fingerprint density at radius 1 is 0.792 bits per heavy atom. The number of piperazine rings is 1. The van der Waals surface area contributed by atoms with Crippen LogP contribution in [-0.4, -0.2) is 86.7 Å². The van der Waals surface area contributed by atoms with Crippen molar-refractivity contribution < 1.29 is 23.8 Å². The van der Waals surface area contributed by atoms with Crippen LogP contribution in [0.15, 0.2) is 60.7 Å². The number of fused-ring (bicyclic) bond motifs is 2. The molecule has 3 aromatic carbocycles. The zero-order chi connectivity index (χ0) is 38.1. The fourth-order valence-corrected chi connectivity index (χ4v) is 7.36. The van der Waals surface area contributed by atoms with Crippen molar-refractivity contribution in [2.75, 3.05) is 39.3 Å². The van der Waals surface area contributed by atoms with E-state index in [4.69, 9.17) is 19.3 Å². The lowest BCUT2D eigenvalue weighted by atomic mass is 9.98. The minimum absolute atomic E-state index is 0.276. The van der Waals surface area contributed by atoms with E-state index in [-0.39, 0.29) is 12.1 Å². The van der Waals surface area contributed by atoms with Crippen LogP contribution >= 0.6 is 0 Å². The molecule has 1 aliphatic heterocycles. The lowest BCUT2D eigenvalue weighted by molar-refractivity contribution is 0.00509. The molecule has 2 aromatic heterocycles. The summed E-state index contributed by atoms with van der Waals surface area (Å²) in [6, 6.07) is 20.7. The van der Waals surface area contributed by atoms with E-state index in [0.29, 0.717) is 64.4 Å². The first-order valence-electron chi connectivity index (χ1n) is 18.8. The van der Waals surface area contributed by atoms with Crippen molar-refractivity contribution in [2.24, 2.45) is 7.05 Å². The summed E-state index contributed by atoms with van der Waals surface area (Å²) < 4.78 is 22.3. The van der Waals surface area contributed by atoms with E-state index in [0.717, 1.165) is 55.5 Å². The molecule has 282 valence electrons. The first-order valence-corrected chi connectivity index (χ1v) is 18.8. The maximum atomic E-state index is 14.4. The Labute approximate surface area is 313 Å². The maximum absolute atomic E-state index is 14.4. The van der Waals surface area contributed by atoms with Gasteiger partial charge in [-0.3, -0.25) is 9.58 Å². The first-order chi connectivity index (χ1) is 25.1. The second-order valence-electron chi connectivity index (χ2n) is 16.1. The van der Waals surface area contributed by atoms with Crippen LogP contribution in [0.1, 0.15) is 75.4 Å². The van der Waals surface area contributed by atoms with Gasteiger partial charge in [0.1, 0.15) is 22.6 Å². The number of esters is 1. The highest BCUT2D eigenvalue weighted by Crippen LogP contribution is 2.38. The van der Waals surface area contributed by atoms with Crippen LogP contribution in [0.2, 0.25) is 0 Å². The molecule has 0 saturated carbocycles. The third-order valence-corrected chi connectivity index (χ3v) is 9.80. The van der Waals surface area contributed by atoms with Gasteiger partial charge in [-0.05, 0) is 85.2 Å². The number of carbonyl (C=O) groups excluding carboxylic acids is 2. The number of ether oxygens (including phenoxy) is 3. The molecule has 10 nitrogen and oxygen atoms in total. The smallest absolute Gasteiger partial charge is 0.410 e. The number of rotatable bonds is 10. The normalized spacial score (nSPS) is 14.2. The van der Waals surface area contributed by atoms with Gasteiger partial charge in [-0.25, -0.2) is 9.59 Å². The minimum Gasteiger partial charge on any atom is -0.493 e. The Morgan fingerprint density at radius 3 is 2.13 bits per heavy atom. The fraction of sp³-hybridized carbons (Fsp3) is 0.465. The quantitative estimate of drug-likeness (QED) is 0.106. The molecule has 0 unspecified atom stereocenters. The zero-order valence-corrected chi connectivity index (χ0v) is 32.9. The topological polar surface area (TPSA) is 91.1 Å². The highest BCUT2D eigenvalue weighted by Gasteiger charge is 2.31. The Balaban J connectivity index is 1.35. The lowest BCUT2D eigenvalue weighted by Gasteiger charge is -2.35. The molecule has 0 radical (unpaired) electrons. The Morgan fingerprint density at radius 2 is 1.45 bits per heavy atom. The van der Waals surface area contributed by atoms with Gasteiger partial charge in [0.25, 0.3) is 0 Å². The molecule has 0 N–H and O–H groups in total. The summed E-state index contributed by atoms with van der Waals surface area (Å²) in [5, 5.41) is 8.01. The molecule has 6 rings (SSSR count). The Kier molecular flexibility index (Phi) is 10.9. The Hall–Kier alpha value is -4.83. The number of nitrogens with zero attached hydrogens (tertiary/aromatic N) is 5. The summed E-state index contributed by atoms with van der Waals surface area (Å²) in [5.41, 5.74) is 5.45. The molecule has 5 aromatic rings. The number of hydrogen-bond acceptors (Lipinski definition) is 7. The second-order valence-corrected chi connectivity index (χ2v) is 16.1. The van der Waals surface area contributed by atoms with Gasteiger partial charge in [-0.1, -0.05) is 54.6 Å². The van der Waals surface area contributed by atoms with Crippen LogP contribution in [0.4, 0.5) is 4.79 Å². The molecule has 1 fully saturated rings. The predicted molar refractivity (Wildman–Crippen MR) is 211 cm³/mol. The Bertz CT molecular complexity index is 2100. The molecular formula is C43H55N5O5. The van der Waals surface area contributed by atoms with Gasteiger partial charge < -0.3 is 23.7 Å². The van der Waals surface area contributed by atoms with Crippen molar-refractivity contribution in [3.63, 3.8) is 0 Å². The third-order valence-electron chi connectivity index (χ3n) is 9.80. The van der Waals surface area contributed by atoms with Gasteiger partial charge in [-0.2, -0.15) is 5.10 Å². The van der Waals surface area contributed by atoms with Gasteiger partial charge in [0.15, 0.2) is 0 Å². The van der Waals surface area contributed by atoms with E-state index in [1.54, 1.807) is 4.90 Å². The van der Waals surface area contributed by atoms with Gasteiger partial charge in [-0.15, -0.1) is 0 Å². The summed E-state index contributed by atoms with van der Waals surface area (Å²) in [6.07, 6.45) is 1.06. The van der Waals surface area contributed by atoms with Crippen LogP contribution in [0.3, 0.4) is 0 Å². The number of carbonyl (C=O) groups is 2. The highest BCUT2D eigenvalue weighted by molar-refractivity contribution is 6.05. The summed E-state index contributed by atoms with van der Waals surface area (Å²) in [5.74, 6) is 0.522. The van der Waals surface area contributed by atoms with Crippen molar-refractivity contribution in [3.05, 3.63) is 83.3 Å². The van der Waals surface area contributed by atoms with Crippen molar-refractivity contribution in [2.45, 2.75) is 86.0 Å². The minimum atomic E-state index is -0.676. The van der Waals surface area contributed by atoms with Gasteiger partial charge in [0.2, 0.25) is 0 Å². The number of para-hydroxylation sites is 1. The molecule has 1 amide bonds. The standard InChI is InChI=1S/C43H55N5O5/c1-29-37(30(2)45(9)44-29)35-19-13-18-33-34(20-14-28-51-36-21-12-16-31-15-10-11-17-32(31)36)39(40(49)52-42(3,4)5)48(38(33)35)27-24-46-22-25-47(26-23-46)41(50)53-43(6,7)8/h10-13,15-19,21H,14,20,22-28H2,1-9H3. The predicted octanol–water partition coefficient (Wildman–Crippen LogP) is 8.33. The van der Waals surface area contributed by atoms with E-state index in [1.165, 1.54) is 0 Å². The van der Waals surface area contributed by atoms with Crippen LogP contribution in [-0.2, 0) is 29.5 Å². The maximum Gasteiger partial charge on any atom is 0.410 e. The summed E-state index contributed by atoms with van der Waals surface area (Å²) in [6.45, 7) is 19.9. The highest BCUT2D eigenvalue weighted by atomic mass is 16.6. The number of aromatic nitrogens is 3. The molecule has 10 heteroatoms. The fourth-order valence-electron chi connectivity index (χ4n) is 7.36. The molecule has 1 saturated heterocycles. The van der Waals surface area contributed by atoms with E-state index in [9.17, 15) is 9.59 Å². The molecule has 0 aliphatic carbocycles. The van der Waals surface area contributed by atoms with E-state index in [2.05, 4.69) is 52.8 Å². The molecule has 0 bridgehead atoms. The van der Waals surface area contributed by atoms with Gasteiger partial charge in [0, 0.05) is 73.9 Å². The average Bonchev–Trinajstić information content (AvgIpc) is 3.55. The molecule has 53 heavy (non-hydrogen) atoms. The lowest BCUT2D eigenvalue weighted by Crippen LogP contribution is -2.50. The zero-order valence-electron chi connectivity index (χ0n) is 32.9. The molecule has 1 aliphatic rings. The van der Waals surface area contributed by atoms with Crippen LogP contribution in [0, 0.1) is 13.8 Å². The van der Waals surface area contributed by atoms with Gasteiger partial charge >= 0.3 is 12.1 Å².